The van der Waals surface area contributed by atoms with Crippen molar-refractivity contribution in [2.45, 2.75) is 82.1 Å². The summed E-state index contributed by atoms with van der Waals surface area (Å²) in [6.07, 6.45) is -1.07. The summed E-state index contributed by atoms with van der Waals surface area (Å²) in [5.41, 5.74) is -3.29. The van der Waals surface area contributed by atoms with Crippen LogP contribution in [0.25, 0.3) is 0 Å². The van der Waals surface area contributed by atoms with E-state index in [1.54, 1.807) is 6.92 Å². The molecule has 0 aromatic heterocycles. The molecule has 9 nitrogen and oxygen atoms in total. The van der Waals surface area contributed by atoms with E-state index >= 15 is 8.78 Å². The van der Waals surface area contributed by atoms with Crippen LogP contribution in [0, 0.1) is 22.7 Å². The molecular weight excluding hydrogens is 672 g/mol. The van der Waals surface area contributed by atoms with Crippen LogP contribution >= 0.6 is 0 Å². The minimum atomic E-state index is -2.34. The third kappa shape index (κ3) is 5.62. The standard InChI is InChI=1S/C41H48F2NO8/c1-38-15-14-28(46)17-31(38)32(42)18-30-29-19-35-41(39(29,2)20-33(47)40(30,38)43,34(48)23-50-36(49)21-44(3,4)5)52-37(51-35)27-12-10-25(11-13-27)16-24-6-8-26(22-45)9-7-24/h6-15,17,29-30,32-33,35,37,45,47H,16,18-23H2,1-5H3/q+1/t29-,30-,32-,33-,35+,37+,38-,39-,40-,41+/m0/s1. The van der Waals surface area contributed by atoms with E-state index in [0.717, 1.165) is 22.8 Å². The number of quaternary nitrogens is 1. The van der Waals surface area contributed by atoms with E-state index in [1.807, 2.05) is 69.7 Å². The van der Waals surface area contributed by atoms with Crippen molar-refractivity contribution in [3.63, 3.8) is 0 Å². The van der Waals surface area contributed by atoms with Crippen molar-refractivity contribution in [1.29, 1.82) is 0 Å². The van der Waals surface area contributed by atoms with Crippen LogP contribution in [0.1, 0.15) is 61.7 Å². The molecule has 52 heavy (non-hydrogen) atoms. The number of allylic oxidation sites excluding steroid dienone is 4. The molecule has 278 valence electrons. The van der Waals surface area contributed by atoms with Gasteiger partial charge in [0.2, 0.25) is 5.78 Å². The maximum Gasteiger partial charge on any atom is 0.362 e. The number of hydrogen-bond acceptors (Lipinski definition) is 8. The molecular formula is C41H48F2NO8+. The maximum atomic E-state index is 17.9. The molecule has 4 aliphatic carbocycles. The molecule has 1 heterocycles. The Balaban J connectivity index is 1.21. The minimum absolute atomic E-state index is 0.0210. The summed E-state index contributed by atoms with van der Waals surface area (Å²) in [6.45, 7) is 2.71. The monoisotopic (exact) mass is 720 g/mol. The molecule has 3 saturated carbocycles. The summed E-state index contributed by atoms with van der Waals surface area (Å²) in [5, 5.41) is 21.3. The molecule has 0 unspecified atom stereocenters. The Kier molecular flexibility index (Phi) is 9.02. The highest BCUT2D eigenvalue weighted by Gasteiger charge is 2.80. The molecule has 2 aromatic rings. The van der Waals surface area contributed by atoms with Gasteiger partial charge in [0.15, 0.2) is 36.5 Å². The van der Waals surface area contributed by atoms with Gasteiger partial charge < -0.3 is 28.9 Å². The largest absolute Gasteiger partial charge is 0.453 e. The first-order chi connectivity index (χ1) is 24.4. The van der Waals surface area contributed by atoms with Gasteiger partial charge in [-0.15, -0.1) is 0 Å². The van der Waals surface area contributed by atoms with Crippen LogP contribution < -0.4 is 0 Å². The molecule has 0 radical (unpaired) electrons. The van der Waals surface area contributed by atoms with Crippen molar-refractivity contribution in [3.05, 3.63) is 94.6 Å². The molecule has 2 N–H and O–H groups in total. The first-order valence-corrected chi connectivity index (χ1v) is 18.0. The number of aliphatic hydroxyl groups excluding tert-OH is 2. The number of benzene rings is 2. The Morgan fingerprint density at radius 2 is 1.62 bits per heavy atom. The van der Waals surface area contributed by atoms with Gasteiger partial charge >= 0.3 is 5.97 Å². The van der Waals surface area contributed by atoms with Crippen LogP contribution in [-0.2, 0) is 41.6 Å². The first kappa shape index (κ1) is 36.7. The lowest BCUT2D eigenvalue weighted by atomic mass is 9.44. The lowest BCUT2D eigenvalue weighted by Gasteiger charge is -2.63. The van der Waals surface area contributed by atoms with Crippen molar-refractivity contribution in [2.24, 2.45) is 22.7 Å². The number of ether oxygens (including phenoxy) is 3. The number of carbonyl (C=O) groups excluding carboxylic acids is 3. The van der Waals surface area contributed by atoms with Crippen molar-refractivity contribution in [1.82, 2.24) is 0 Å². The highest BCUT2D eigenvalue weighted by atomic mass is 19.1. The van der Waals surface area contributed by atoms with Crippen LogP contribution in [0.2, 0.25) is 0 Å². The molecule has 2 aromatic carbocycles. The Labute approximate surface area is 302 Å². The fourth-order valence-electron chi connectivity index (χ4n) is 10.1. The molecule has 10 atom stereocenters. The number of fused-ring (bicyclic) bond motifs is 7. The predicted octanol–water partition coefficient (Wildman–Crippen LogP) is 4.67. The fourth-order valence-corrected chi connectivity index (χ4v) is 10.1. The van der Waals surface area contributed by atoms with Crippen molar-refractivity contribution in [2.75, 3.05) is 34.3 Å². The zero-order valence-corrected chi connectivity index (χ0v) is 30.3. The number of likely N-dealkylation sites (N-methyl/N-ethyl adjacent to an activating group) is 1. The number of aliphatic hydroxyl groups is 2. The lowest BCUT2D eigenvalue weighted by Crippen LogP contribution is -2.70. The van der Waals surface area contributed by atoms with E-state index in [-0.39, 0.29) is 38.0 Å². The van der Waals surface area contributed by atoms with Gasteiger partial charge in [-0.1, -0.05) is 61.5 Å². The second-order valence-corrected chi connectivity index (χ2v) is 16.8. The van der Waals surface area contributed by atoms with Crippen LogP contribution in [0.5, 0.6) is 0 Å². The number of Topliss-reactive ketones (excluding diaryl/α,β-unsaturated/α-hetero) is 1. The van der Waals surface area contributed by atoms with Gasteiger partial charge in [-0.05, 0) is 72.9 Å². The van der Waals surface area contributed by atoms with Crippen molar-refractivity contribution in [3.8, 4) is 0 Å². The minimum Gasteiger partial charge on any atom is -0.453 e. The van der Waals surface area contributed by atoms with Crippen molar-refractivity contribution >= 4 is 17.5 Å². The quantitative estimate of drug-likeness (QED) is 0.284. The number of halogens is 2. The zero-order chi connectivity index (χ0) is 37.4. The topological polar surface area (TPSA) is 119 Å². The number of ketones is 2. The van der Waals surface area contributed by atoms with Gasteiger partial charge in [-0.3, -0.25) is 9.59 Å². The van der Waals surface area contributed by atoms with Gasteiger partial charge in [-0.25, -0.2) is 13.6 Å². The normalized spacial score (nSPS) is 37.8. The summed E-state index contributed by atoms with van der Waals surface area (Å²) < 4.78 is 53.1. The summed E-state index contributed by atoms with van der Waals surface area (Å²) in [5.74, 6) is -3.24. The van der Waals surface area contributed by atoms with Gasteiger partial charge in [0, 0.05) is 22.3 Å². The summed E-state index contributed by atoms with van der Waals surface area (Å²) in [4.78, 5) is 39.6. The van der Waals surface area contributed by atoms with Crippen molar-refractivity contribution < 1.29 is 52.1 Å². The summed E-state index contributed by atoms with van der Waals surface area (Å²) in [6, 6.07) is 15.3. The van der Waals surface area contributed by atoms with E-state index < -0.39 is 82.7 Å². The van der Waals surface area contributed by atoms with E-state index in [1.165, 1.54) is 19.1 Å². The Morgan fingerprint density at radius 1 is 0.981 bits per heavy atom. The molecule has 1 saturated heterocycles. The molecule has 1 aliphatic heterocycles. The number of nitrogens with zero attached hydrogens (tertiary/aromatic N) is 1. The van der Waals surface area contributed by atoms with Crippen LogP contribution in [0.15, 0.2) is 72.3 Å². The number of alkyl halides is 2. The van der Waals surface area contributed by atoms with Gasteiger partial charge in [0.05, 0.1) is 40.0 Å². The maximum absolute atomic E-state index is 17.9. The van der Waals surface area contributed by atoms with E-state index in [0.29, 0.717) is 16.5 Å². The summed E-state index contributed by atoms with van der Waals surface area (Å²) >= 11 is 0. The highest BCUT2D eigenvalue weighted by molar-refractivity contribution is 6.01. The smallest absolute Gasteiger partial charge is 0.362 e. The lowest BCUT2D eigenvalue weighted by molar-refractivity contribution is -0.862. The molecule has 4 fully saturated rings. The number of carbonyl (C=O) groups is 3. The van der Waals surface area contributed by atoms with Gasteiger partial charge in [0.25, 0.3) is 0 Å². The highest BCUT2D eigenvalue weighted by Crippen LogP contribution is 2.72. The average Bonchev–Trinajstić information content (AvgIpc) is 3.59. The molecule has 0 spiro atoms. The zero-order valence-electron chi connectivity index (χ0n) is 30.3. The van der Waals surface area contributed by atoms with E-state index in [9.17, 15) is 24.6 Å². The second kappa shape index (κ2) is 12.8. The Hall–Kier alpha value is -3.61. The van der Waals surface area contributed by atoms with Crippen LogP contribution in [-0.4, -0.2) is 96.2 Å². The van der Waals surface area contributed by atoms with Crippen LogP contribution in [0.4, 0.5) is 8.78 Å². The SMILES string of the molecule is C[C@]12C=CC(=O)C=C1[C@@H](F)C[C@H]1[C@@H]3C[C@H]4O[C@@H](c5ccc(Cc6ccc(CO)cc6)cc5)O[C@@]4(C(=O)COC(=O)C[N+](C)(C)C)[C@@]3(C)C[C@H](O)[C@@]12F. The number of hydrogen-bond donors (Lipinski definition) is 2. The molecule has 7 rings (SSSR count). The fraction of sp³-hybridized carbons (Fsp3) is 0.537. The molecule has 0 bridgehead atoms. The first-order valence-electron chi connectivity index (χ1n) is 18.0. The molecule has 11 heteroatoms. The van der Waals surface area contributed by atoms with E-state index in [2.05, 4.69) is 0 Å². The summed E-state index contributed by atoms with van der Waals surface area (Å²) in [7, 11) is 5.47. The Morgan fingerprint density at radius 3 is 2.25 bits per heavy atom. The van der Waals surface area contributed by atoms with Gasteiger partial charge in [-0.2, -0.15) is 0 Å². The molecule has 0 amide bonds. The number of rotatable bonds is 9. The third-order valence-corrected chi connectivity index (χ3v) is 12.6. The third-order valence-electron chi connectivity index (χ3n) is 12.6. The average molecular weight is 721 g/mol. The second-order valence-electron chi connectivity index (χ2n) is 16.8. The predicted molar refractivity (Wildman–Crippen MR) is 186 cm³/mol. The van der Waals surface area contributed by atoms with Crippen LogP contribution in [0.3, 0.4) is 0 Å². The molecule has 5 aliphatic rings. The Bertz CT molecular complexity index is 1820. The number of esters is 1. The van der Waals surface area contributed by atoms with Gasteiger partial charge in [0.1, 0.15) is 6.17 Å². The van der Waals surface area contributed by atoms with E-state index in [4.69, 9.17) is 14.2 Å².